The number of benzene rings is 2. The van der Waals surface area contributed by atoms with Gasteiger partial charge in [0.15, 0.2) is 0 Å². The van der Waals surface area contributed by atoms with E-state index >= 15 is 0 Å². The molecule has 4 rings (SSSR count). The first-order valence-electron chi connectivity index (χ1n) is 13.2. The van der Waals surface area contributed by atoms with E-state index in [2.05, 4.69) is 26.6 Å². The first-order valence-corrected chi connectivity index (χ1v) is 18.0. The minimum absolute atomic E-state index is 0.00849. The van der Waals surface area contributed by atoms with Crippen LogP contribution >= 0.6 is 33.9 Å². The fraction of sp³-hybridized carbons (Fsp3) is 0.462. The summed E-state index contributed by atoms with van der Waals surface area (Å²) in [5, 5.41) is 8.40. The Morgan fingerprint density at radius 1 is 0.884 bits per heavy atom. The molecular formula is C26H33Cl3F2N4O6S2. The molecule has 10 nitrogen and oxygen atoms in total. The minimum Gasteiger partial charge on any atom is -0.326 e. The van der Waals surface area contributed by atoms with Gasteiger partial charge in [0.1, 0.15) is 11.6 Å². The molecule has 0 radical (unpaired) electrons. The first kappa shape index (κ1) is 37.1. The van der Waals surface area contributed by atoms with E-state index in [4.69, 9.17) is 23.2 Å². The van der Waals surface area contributed by atoms with Gasteiger partial charge in [0.05, 0.1) is 33.4 Å². The van der Waals surface area contributed by atoms with Crippen molar-refractivity contribution in [3.63, 3.8) is 0 Å². The van der Waals surface area contributed by atoms with Crippen molar-refractivity contribution in [2.24, 2.45) is 11.8 Å². The summed E-state index contributed by atoms with van der Waals surface area (Å²) in [5.41, 5.74) is 0.748. The van der Waals surface area contributed by atoms with Crippen LogP contribution in [0.2, 0.25) is 10.0 Å². The summed E-state index contributed by atoms with van der Waals surface area (Å²) in [6, 6.07) is 8.23. The maximum Gasteiger partial charge on any atom is 0.232 e. The number of hydrogen-bond acceptors (Lipinski definition) is 7. The van der Waals surface area contributed by atoms with Gasteiger partial charge in [-0.25, -0.2) is 29.9 Å². The SMILES string of the molecule is CCS(=O)(=O)Cl.CCS(=O)(=O)N1CCC(C(=O)Nc2ccc(Cl)c(F)c2)C1.O=C(Nc1ccc(Cl)c(F)c1)C1CCNC1. The van der Waals surface area contributed by atoms with Crippen LogP contribution in [0.1, 0.15) is 26.7 Å². The van der Waals surface area contributed by atoms with Crippen LogP contribution in [-0.2, 0) is 28.7 Å². The van der Waals surface area contributed by atoms with E-state index in [0.29, 0.717) is 30.9 Å². The lowest BCUT2D eigenvalue weighted by atomic mass is 10.1. The third-order valence-corrected chi connectivity index (χ3v) is 10.2. The highest BCUT2D eigenvalue weighted by atomic mass is 35.7. The van der Waals surface area contributed by atoms with E-state index in [1.54, 1.807) is 13.0 Å². The zero-order valence-corrected chi connectivity index (χ0v) is 27.3. The van der Waals surface area contributed by atoms with Crippen LogP contribution in [0.15, 0.2) is 36.4 Å². The van der Waals surface area contributed by atoms with Gasteiger partial charge in [0, 0.05) is 41.7 Å². The minimum atomic E-state index is -3.27. The smallest absolute Gasteiger partial charge is 0.232 e. The van der Waals surface area contributed by atoms with Crippen LogP contribution in [0.3, 0.4) is 0 Å². The molecule has 0 aromatic heterocycles. The van der Waals surface area contributed by atoms with Crippen molar-refractivity contribution in [2.75, 3.05) is 48.3 Å². The van der Waals surface area contributed by atoms with Gasteiger partial charge >= 0.3 is 0 Å². The Hall–Kier alpha value is -2.07. The molecule has 0 saturated carbocycles. The third kappa shape index (κ3) is 12.4. The summed E-state index contributed by atoms with van der Waals surface area (Å²) in [5.74, 6) is -1.96. The van der Waals surface area contributed by atoms with Crippen LogP contribution in [0, 0.1) is 23.5 Å². The van der Waals surface area contributed by atoms with Gasteiger partial charge in [-0.3, -0.25) is 9.59 Å². The Morgan fingerprint density at radius 3 is 1.77 bits per heavy atom. The molecule has 240 valence electrons. The van der Waals surface area contributed by atoms with Crippen LogP contribution in [0.4, 0.5) is 20.2 Å². The predicted octanol–water partition coefficient (Wildman–Crippen LogP) is 4.69. The quantitative estimate of drug-likeness (QED) is 0.355. The molecule has 2 aromatic rings. The van der Waals surface area contributed by atoms with Gasteiger partial charge in [-0.15, -0.1) is 0 Å². The molecule has 2 aliphatic rings. The van der Waals surface area contributed by atoms with Crippen molar-refractivity contribution in [1.82, 2.24) is 9.62 Å². The molecular weight excluding hydrogens is 673 g/mol. The fourth-order valence-electron chi connectivity index (χ4n) is 3.89. The number of nitrogens with one attached hydrogen (secondary N) is 3. The van der Waals surface area contributed by atoms with E-state index in [9.17, 15) is 35.2 Å². The summed E-state index contributed by atoms with van der Waals surface area (Å²) in [4.78, 5) is 23.8. The average Bonchev–Trinajstić information content (AvgIpc) is 3.67. The molecule has 17 heteroatoms. The fourth-order valence-corrected chi connectivity index (χ4v) is 5.28. The summed E-state index contributed by atoms with van der Waals surface area (Å²) < 4.78 is 70.7. The van der Waals surface area contributed by atoms with Gasteiger partial charge in [0.2, 0.25) is 30.9 Å². The molecule has 0 spiro atoms. The molecule has 43 heavy (non-hydrogen) atoms. The number of amides is 2. The van der Waals surface area contributed by atoms with Gasteiger partial charge in [-0.1, -0.05) is 30.1 Å². The van der Waals surface area contributed by atoms with E-state index in [-0.39, 0.29) is 45.8 Å². The molecule has 2 aliphatic heterocycles. The highest BCUT2D eigenvalue weighted by Crippen LogP contribution is 2.24. The second-order valence-electron chi connectivity index (χ2n) is 9.50. The standard InChI is InChI=1S/C13H16ClFN2O3S.C11H12ClFN2O.C2H5ClO2S/c1-2-21(19,20)17-6-5-9(8-17)13(18)16-10-3-4-11(14)12(15)7-10;12-9-2-1-8(5-10(9)13)15-11(16)7-3-4-14-6-7;1-2-6(3,4)5/h3-4,7,9H,2,5-6,8H2,1H3,(H,16,18);1-2,5,7,14H,3-4,6H2,(H,15,16);2H2,1H3. The molecule has 2 amide bonds. The number of halogens is 5. The lowest BCUT2D eigenvalue weighted by molar-refractivity contribution is -0.120. The Bertz CT molecular complexity index is 1490. The summed E-state index contributed by atoms with van der Waals surface area (Å²) in [6.45, 7) is 5.10. The molecule has 3 N–H and O–H groups in total. The highest BCUT2D eigenvalue weighted by Gasteiger charge is 2.34. The molecule has 2 aromatic carbocycles. The number of rotatable bonds is 7. The molecule has 2 fully saturated rings. The Balaban J connectivity index is 0.000000259. The average molecular weight is 706 g/mol. The number of carbonyl (C=O) groups excluding carboxylic acids is 2. The van der Waals surface area contributed by atoms with Crippen molar-refractivity contribution >= 4 is 76.1 Å². The molecule has 2 atom stereocenters. The van der Waals surface area contributed by atoms with Gasteiger partial charge < -0.3 is 16.0 Å². The first-order chi connectivity index (χ1) is 20.1. The summed E-state index contributed by atoms with van der Waals surface area (Å²) in [6.07, 6.45) is 1.28. The Morgan fingerprint density at radius 2 is 1.37 bits per heavy atom. The lowest BCUT2D eigenvalue weighted by Gasteiger charge is -2.15. The second-order valence-corrected chi connectivity index (χ2v) is 15.6. The maximum atomic E-state index is 13.3. The predicted molar refractivity (Wildman–Crippen MR) is 166 cm³/mol. The maximum absolute atomic E-state index is 13.3. The Labute approximate surface area is 264 Å². The zero-order valence-electron chi connectivity index (χ0n) is 23.4. The van der Waals surface area contributed by atoms with E-state index in [1.165, 1.54) is 35.5 Å². The molecule has 0 bridgehead atoms. The highest BCUT2D eigenvalue weighted by molar-refractivity contribution is 8.13. The number of hydrogen-bond donors (Lipinski definition) is 3. The molecule has 0 aliphatic carbocycles. The van der Waals surface area contributed by atoms with Crippen LogP contribution in [0.5, 0.6) is 0 Å². The number of anilines is 2. The largest absolute Gasteiger partial charge is 0.326 e. The van der Waals surface area contributed by atoms with Crippen LogP contribution < -0.4 is 16.0 Å². The number of carbonyl (C=O) groups is 2. The van der Waals surface area contributed by atoms with E-state index in [1.807, 2.05) is 0 Å². The van der Waals surface area contributed by atoms with Crippen molar-refractivity contribution in [2.45, 2.75) is 26.7 Å². The summed E-state index contributed by atoms with van der Waals surface area (Å²) >= 11 is 11.1. The molecule has 2 heterocycles. The van der Waals surface area contributed by atoms with Gasteiger partial charge in [0.25, 0.3) is 0 Å². The van der Waals surface area contributed by atoms with Crippen LogP contribution in [0.25, 0.3) is 0 Å². The van der Waals surface area contributed by atoms with Crippen molar-refractivity contribution in [3.8, 4) is 0 Å². The van der Waals surface area contributed by atoms with Crippen LogP contribution in [-0.4, -0.2) is 70.6 Å². The second kappa shape index (κ2) is 16.8. The van der Waals surface area contributed by atoms with E-state index < -0.39 is 36.6 Å². The third-order valence-electron chi connectivity index (χ3n) is 6.43. The van der Waals surface area contributed by atoms with Gasteiger partial charge in [-0.05, 0) is 62.7 Å². The Kier molecular flexibility index (Phi) is 14.5. The molecule has 2 unspecified atom stereocenters. The topological polar surface area (TPSA) is 142 Å². The number of sulfonamides is 1. The zero-order chi connectivity index (χ0) is 32.4. The van der Waals surface area contributed by atoms with E-state index in [0.717, 1.165) is 19.0 Å². The lowest BCUT2D eigenvalue weighted by Crippen LogP contribution is -2.32. The van der Waals surface area contributed by atoms with Gasteiger partial charge in [-0.2, -0.15) is 0 Å². The number of nitrogens with zero attached hydrogens (tertiary/aromatic N) is 1. The monoisotopic (exact) mass is 704 g/mol. The summed E-state index contributed by atoms with van der Waals surface area (Å²) in [7, 11) is -1.77. The molecule has 2 saturated heterocycles. The van der Waals surface area contributed by atoms with Crippen molar-refractivity contribution in [1.29, 1.82) is 0 Å². The normalized spacial score (nSPS) is 18.6. The van der Waals surface area contributed by atoms with Crippen molar-refractivity contribution < 1.29 is 35.2 Å². The van der Waals surface area contributed by atoms with Crippen molar-refractivity contribution in [3.05, 3.63) is 58.1 Å².